The summed E-state index contributed by atoms with van der Waals surface area (Å²) in [5.74, 6) is 0.0906. The van der Waals surface area contributed by atoms with Crippen LogP contribution in [0.2, 0.25) is 0 Å². The molecule has 1 saturated heterocycles. The number of carbonyl (C=O) groups is 1. The van der Waals surface area contributed by atoms with Gasteiger partial charge in [0.2, 0.25) is 5.91 Å². The second-order valence-corrected chi connectivity index (χ2v) is 6.12. The standard InChI is InChI=1S/C17H26N2O2/c1-14-3-5-15(6-4-14)11-16(20)19-12-17(13-21-2)7-9-18-10-8-17/h3-6,18H,7-13H2,1-2H3,(H,19,20). The van der Waals surface area contributed by atoms with E-state index in [0.717, 1.165) is 31.5 Å². The number of ether oxygens (including phenoxy) is 1. The maximum Gasteiger partial charge on any atom is 0.224 e. The first kappa shape index (κ1) is 16.0. The molecule has 0 radical (unpaired) electrons. The molecule has 0 aromatic heterocycles. The Morgan fingerprint density at radius 2 is 1.95 bits per heavy atom. The quantitative estimate of drug-likeness (QED) is 0.838. The van der Waals surface area contributed by atoms with Crippen molar-refractivity contribution in [2.45, 2.75) is 26.2 Å². The minimum Gasteiger partial charge on any atom is -0.384 e. The van der Waals surface area contributed by atoms with Gasteiger partial charge in [0.05, 0.1) is 13.0 Å². The molecule has 2 rings (SSSR count). The number of rotatable bonds is 6. The Morgan fingerprint density at radius 1 is 1.29 bits per heavy atom. The van der Waals surface area contributed by atoms with Gasteiger partial charge >= 0.3 is 0 Å². The Kier molecular flexibility index (Phi) is 5.76. The average molecular weight is 290 g/mol. The molecule has 116 valence electrons. The van der Waals surface area contributed by atoms with E-state index in [9.17, 15) is 4.79 Å². The molecule has 0 atom stereocenters. The Hall–Kier alpha value is -1.39. The van der Waals surface area contributed by atoms with Crippen molar-refractivity contribution in [3.8, 4) is 0 Å². The Balaban J connectivity index is 1.85. The number of hydrogen-bond acceptors (Lipinski definition) is 3. The fourth-order valence-corrected chi connectivity index (χ4v) is 2.88. The van der Waals surface area contributed by atoms with E-state index in [1.54, 1.807) is 7.11 Å². The summed E-state index contributed by atoms with van der Waals surface area (Å²) in [4.78, 5) is 12.1. The number of carbonyl (C=O) groups excluding carboxylic acids is 1. The molecule has 21 heavy (non-hydrogen) atoms. The van der Waals surface area contributed by atoms with Crippen LogP contribution in [0.4, 0.5) is 0 Å². The fraction of sp³-hybridized carbons (Fsp3) is 0.588. The first-order chi connectivity index (χ1) is 10.1. The van der Waals surface area contributed by atoms with Crippen LogP contribution in [0.25, 0.3) is 0 Å². The van der Waals surface area contributed by atoms with E-state index in [1.807, 2.05) is 24.3 Å². The molecule has 1 aliphatic rings. The van der Waals surface area contributed by atoms with Crippen LogP contribution in [0.15, 0.2) is 24.3 Å². The molecule has 2 N–H and O–H groups in total. The summed E-state index contributed by atoms with van der Waals surface area (Å²) in [6.45, 7) is 5.45. The van der Waals surface area contributed by atoms with Crippen LogP contribution in [-0.2, 0) is 16.0 Å². The lowest BCUT2D eigenvalue weighted by Crippen LogP contribution is -2.47. The minimum absolute atomic E-state index is 0.0862. The predicted octanol–water partition coefficient (Wildman–Crippen LogP) is 1.67. The van der Waals surface area contributed by atoms with E-state index >= 15 is 0 Å². The van der Waals surface area contributed by atoms with Crippen molar-refractivity contribution in [2.75, 3.05) is 33.4 Å². The van der Waals surface area contributed by atoms with E-state index in [-0.39, 0.29) is 11.3 Å². The summed E-state index contributed by atoms with van der Waals surface area (Å²) in [5.41, 5.74) is 2.36. The topological polar surface area (TPSA) is 50.4 Å². The molecule has 0 saturated carbocycles. The van der Waals surface area contributed by atoms with Gasteiger partial charge in [-0.3, -0.25) is 4.79 Å². The van der Waals surface area contributed by atoms with Gasteiger partial charge in [-0.1, -0.05) is 29.8 Å². The van der Waals surface area contributed by atoms with Gasteiger partial charge in [-0.05, 0) is 38.4 Å². The van der Waals surface area contributed by atoms with Crippen LogP contribution in [0, 0.1) is 12.3 Å². The zero-order valence-electron chi connectivity index (χ0n) is 13.1. The summed E-state index contributed by atoms with van der Waals surface area (Å²) in [5, 5.41) is 6.46. The number of nitrogens with one attached hydrogen (secondary N) is 2. The molecular formula is C17H26N2O2. The number of hydrogen-bond donors (Lipinski definition) is 2. The third kappa shape index (κ3) is 4.83. The second-order valence-electron chi connectivity index (χ2n) is 6.12. The molecule has 0 aliphatic carbocycles. The first-order valence-corrected chi connectivity index (χ1v) is 7.65. The van der Waals surface area contributed by atoms with Crippen molar-refractivity contribution in [1.82, 2.24) is 10.6 Å². The normalized spacial score (nSPS) is 17.4. The second kappa shape index (κ2) is 7.57. The highest BCUT2D eigenvalue weighted by Gasteiger charge is 2.32. The van der Waals surface area contributed by atoms with Crippen molar-refractivity contribution >= 4 is 5.91 Å². The van der Waals surface area contributed by atoms with Gasteiger partial charge in [0.25, 0.3) is 0 Å². The number of amides is 1. The summed E-state index contributed by atoms with van der Waals surface area (Å²) in [6.07, 6.45) is 2.54. The smallest absolute Gasteiger partial charge is 0.224 e. The molecule has 1 amide bonds. The van der Waals surface area contributed by atoms with Crippen molar-refractivity contribution in [3.63, 3.8) is 0 Å². The Morgan fingerprint density at radius 3 is 2.57 bits per heavy atom. The van der Waals surface area contributed by atoms with E-state index in [4.69, 9.17) is 4.74 Å². The average Bonchev–Trinajstić information content (AvgIpc) is 2.49. The molecule has 1 aromatic carbocycles. The van der Waals surface area contributed by atoms with Crippen LogP contribution in [0.5, 0.6) is 0 Å². The lowest BCUT2D eigenvalue weighted by molar-refractivity contribution is -0.121. The SMILES string of the molecule is COCC1(CNC(=O)Cc2ccc(C)cc2)CCNCC1. The summed E-state index contributed by atoms with van der Waals surface area (Å²) >= 11 is 0. The molecular weight excluding hydrogens is 264 g/mol. The number of piperidine rings is 1. The van der Waals surface area contributed by atoms with Gasteiger partial charge < -0.3 is 15.4 Å². The Labute approximate surface area is 127 Å². The van der Waals surface area contributed by atoms with E-state index in [0.29, 0.717) is 19.6 Å². The third-order valence-electron chi connectivity index (χ3n) is 4.26. The first-order valence-electron chi connectivity index (χ1n) is 7.65. The van der Waals surface area contributed by atoms with Gasteiger partial charge in [-0.25, -0.2) is 0 Å². The predicted molar refractivity (Wildman–Crippen MR) is 84.3 cm³/mol. The number of benzene rings is 1. The Bertz CT molecular complexity index is 445. The molecule has 4 nitrogen and oxygen atoms in total. The van der Waals surface area contributed by atoms with Crippen LogP contribution in [-0.4, -0.2) is 39.3 Å². The molecule has 0 spiro atoms. The molecule has 1 heterocycles. The summed E-state index contributed by atoms with van der Waals surface area (Å²) < 4.78 is 5.37. The molecule has 1 aliphatic heterocycles. The molecule has 0 bridgehead atoms. The number of aryl methyl sites for hydroxylation is 1. The maximum atomic E-state index is 12.1. The fourth-order valence-electron chi connectivity index (χ4n) is 2.88. The van der Waals surface area contributed by atoms with Crippen LogP contribution >= 0.6 is 0 Å². The van der Waals surface area contributed by atoms with Gasteiger partial charge in [-0.15, -0.1) is 0 Å². The van der Waals surface area contributed by atoms with E-state index < -0.39 is 0 Å². The lowest BCUT2D eigenvalue weighted by Gasteiger charge is -2.37. The zero-order valence-corrected chi connectivity index (χ0v) is 13.1. The molecule has 1 aromatic rings. The van der Waals surface area contributed by atoms with Gasteiger partial charge in [0.1, 0.15) is 0 Å². The van der Waals surface area contributed by atoms with Crippen molar-refractivity contribution in [1.29, 1.82) is 0 Å². The van der Waals surface area contributed by atoms with Crippen molar-refractivity contribution in [2.24, 2.45) is 5.41 Å². The van der Waals surface area contributed by atoms with Crippen LogP contribution < -0.4 is 10.6 Å². The molecule has 4 heteroatoms. The van der Waals surface area contributed by atoms with Crippen molar-refractivity contribution < 1.29 is 9.53 Å². The summed E-state index contributed by atoms with van der Waals surface area (Å²) in [6, 6.07) is 8.12. The highest BCUT2D eigenvalue weighted by Crippen LogP contribution is 2.28. The maximum absolute atomic E-state index is 12.1. The summed E-state index contributed by atoms with van der Waals surface area (Å²) in [7, 11) is 1.73. The van der Waals surface area contributed by atoms with Crippen molar-refractivity contribution in [3.05, 3.63) is 35.4 Å². The van der Waals surface area contributed by atoms with E-state index in [1.165, 1.54) is 5.56 Å². The molecule has 1 fully saturated rings. The largest absolute Gasteiger partial charge is 0.384 e. The van der Waals surface area contributed by atoms with Gasteiger partial charge in [0.15, 0.2) is 0 Å². The lowest BCUT2D eigenvalue weighted by atomic mass is 9.79. The highest BCUT2D eigenvalue weighted by molar-refractivity contribution is 5.78. The van der Waals surface area contributed by atoms with Crippen LogP contribution in [0.1, 0.15) is 24.0 Å². The number of methoxy groups -OCH3 is 1. The zero-order chi connectivity index (χ0) is 15.1. The van der Waals surface area contributed by atoms with E-state index in [2.05, 4.69) is 17.6 Å². The van der Waals surface area contributed by atoms with Crippen LogP contribution in [0.3, 0.4) is 0 Å². The molecule has 0 unspecified atom stereocenters. The minimum atomic E-state index is 0.0862. The van der Waals surface area contributed by atoms with Gasteiger partial charge in [0, 0.05) is 19.1 Å². The van der Waals surface area contributed by atoms with Gasteiger partial charge in [-0.2, -0.15) is 0 Å². The third-order valence-corrected chi connectivity index (χ3v) is 4.26. The highest BCUT2D eigenvalue weighted by atomic mass is 16.5. The monoisotopic (exact) mass is 290 g/mol.